The van der Waals surface area contributed by atoms with Gasteiger partial charge < -0.3 is 9.84 Å². The minimum atomic E-state index is -0.440. The van der Waals surface area contributed by atoms with Crippen molar-refractivity contribution in [2.24, 2.45) is 0 Å². The van der Waals surface area contributed by atoms with Gasteiger partial charge in [-0.3, -0.25) is 4.79 Å². The second-order valence-corrected chi connectivity index (χ2v) is 5.22. The van der Waals surface area contributed by atoms with Gasteiger partial charge in [0.25, 0.3) is 0 Å². The van der Waals surface area contributed by atoms with Crippen molar-refractivity contribution in [2.75, 3.05) is 0 Å². The van der Waals surface area contributed by atoms with Crippen LogP contribution in [0.5, 0.6) is 0 Å². The number of aromatic nitrogens is 2. The fraction of sp³-hybridized carbons (Fsp3) is 0.0714. The molecule has 3 rings (SSSR count). The first kappa shape index (κ1) is 13.4. The lowest BCUT2D eigenvalue weighted by Gasteiger charge is -1.98. The molecule has 1 aromatic carbocycles. The molecule has 0 spiro atoms. The van der Waals surface area contributed by atoms with Gasteiger partial charge in [0.2, 0.25) is 5.82 Å². The Morgan fingerprint density at radius 2 is 2.10 bits per heavy atom. The Balaban J connectivity index is 1.69. The quantitative estimate of drug-likeness (QED) is 0.804. The highest BCUT2D eigenvalue weighted by molar-refractivity contribution is 7.09. The average Bonchev–Trinajstić information content (AvgIpc) is 3.17. The van der Waals surface area contributed by atoms with Crippen LogP contribution in [0.2, 0.25) is 0 Å². The third-order valence-corrected chi connectivity index (χ3v) is 3.60. The van der Waals surface area contributed by atoms with Crippen molar-refractivity contribution < 1.29 is 13.7 Å². The van der Waals surface area contributed by atoms with E-state index in [0.29, 0.717) is 12.1 Å². The standard InChI is InChI=1S/C14H10FN3O2S/c15-10-5-3-9(4-6-10)12-17-14(20-18-12)13(19)16-8-11-2-1-7-21-11/h1-7H,8H2,(H,16,19). The zero-order valence-electron chi connectivity index (χ0n) is 10.7. The van der Waals surface area contributed by atoms with Crippen molar-refractivity contribution in [1.29, 1.82) is 0 Å². The summed E-state index contributed by atoms with van der Waals surface area (Å²) in [7, 11) is 0. The summed E-state index contributed by atoms with van der Waals surface area (Å²) in [5.41, 5.74) is 0.581. The van der Waals surface area contributed by atoms with Gasteiger partial charge >= 0.3 is 11.8 Å². The molecule has 0 unspecified atom stereocenters. The molecule has 7 heteroatoms. The molecule has 5 nitrogen and oxygen atoms in total. The highest BCUT2D eigenvalue weighted by Crippen LogP contribution is 2.16. The average molecular weight is 303 g/mol. The maximum absolute atomic E-state index is 12.8. The molecule has 3 aromatic rings. The minimum Gasteiger partial charge on any atom is -0.343 e. The molecule has 21 heavy (non-hydrogen) atoms. The van der Waals surface area contributed by atoms with Crippen molar-refractivity contribution in [3.63, 3.8) is 0 Å². The first-order valence-corrected chi connectivity index (χ1v) is 7.00. The lowest BCUT2D eigenvalue weighted by Crippen LogP contribution is -2.22. The predicted octanol–water partition coefficient (Wildman–Crippen LogP) is 2.87. The highest BCUT2D eigenvalue weighted by atomic mass is 32.1. The third kappa shape index (κ3) is 3.14. The van der Waals surface area contributed by atoms with E-state index in [0.717, 1.165) is 4.88 Å². The van der Waals surface area contributed by atoms with Crippen LogP contribution in [0.3, 0.4) is 0 Å². The molecule has 1 N–H and O–H groups in total. The molecule has 0 bridgehead atoms. The van der Waals surface area contributed by atoms with E-state index in [9.17, 15) is 9.18 Å². The van der Waals surface area contributed by atoms with Crippen LogP contribution in [-0.2, 0) is 6.54 Å². The van der Waals surface area contributed by atoms with Gasteiger partial charge in [0.05, 0.1) is 6.54 Å². The van der Waals surface area contributed by atoms with Crippen LogP contribution in [0.1, 0.15) is 15.6 Å². The number of hydrogen-bond donors (Lipinski definition) is 1. The van der Waals surface area contributed by atoms with Crippen molar-refractivity contribution in [3.05, 3.63) is 58.4 Å². The van der Waals surface area contributed by atoms with E-state index >= 15 is 0 Å². The highest BCUT2D eigenvalue weighted by Gasteiger charge is 2.15. The van der Waals surface area contributed by atoms with Crippen LogP contribution in [0.25, 0.3) is 11.4 Å². The van der Waals surface area contributed by atoms with Crippen molar-refractivity contribution in [2.45, 2.75) is 6.54 Å². The van der Waals surface area contributed by atoms with Crippen molar-refractivity contribution in [1.82, 2.24) is 15.5 Å². The van der Waals surface area contributed by atoms with Gasteiger partial charge in [-0.05, 0) is 35.7 Å². The van der Waals surface area contributed by atoms with Crippen LogP contribution in [-0.4, -0.2) is 16.0 Å². The number of thiophene rings is 1. The number of nitrogens with zero attached hydrogens (tertiary/aromatic N) is 2. The Bertz CT molecular complexity index is 738. The molecule has 0 aliphatic heterocycles. The summed E-state index contributed by atoms with van der Waals surface area (Å²) < 4.78 is 17.8. The second kappa shape index (κ2) is 5.84. The lowest BCUT2D eigenvalue weighted by atomic mass is 10.2. The zero-order valence-corrected chi connectivity index (χ0v) is 11.6. The smallest absolute Gasteiger partial charge is 0.316 e. The lowest BCUT2D eigenvalue weighted by molar-refractivity contribution is 0.0907. The van der Waals surface area contributed by atoms with Crippen LogP contribution in [0, 0.1) is 5.82 Å². The topological polar surface area (TPSA) is 68.0 Å². The SMILES string of the molecule is O=C(NCc1cccs1)c1nc(-c2ccc(F)cc2)no1. The normalized spacial score (nSPS) is 10.5. The van der Waals surface area contributed by atoms with E-state index in [-0.39, 0.29) is 17.5 Å². The Labute approximate surface area is 123 Å². The molecular formula is C14H10FN3O2S. The maximum atomic E-state index is 12.8. The van der Waals surface area contributed by atoms with Gasteiger partial charge in [-0.15, -0.1) is 11.3 Å². The van der Waals surface area contributed by atoms with E-state index in [4.69, 9.17) is 4.52 Å². The van der Waals surface area contributed by atoms with Gasteiger partial charge in [-0.2, -0.15) is 4.98 Å². The molecule has 0 aliphatic rings. The molecule has 0 atom stereocenters. The zero-order chi connectivity index (χ0) is 14.7. The molecular weight excluding hydrogens is 293 g/mol. The summed E-state index contributed by atoms with van der Waals surface area (Å²) in [4.78, 5) is 16.9. The fourth-order valence-corrected chi connectivity index (χ4v) is 2.33. The molecule has 0 saturated carbocycles. The van der Waals surface area contributed by atoms with Gasteiger partial charge in [-0.1, -0.05) is 11.2 Å². The van der Waals surface area contributed by atoms with E-state index in [1.807, 2.05) is 17.5 Å². The van der Waals surface area contributed by atoms with E-state index in [1.165, 1.54) is 24.3 Å². The second-order valence-electron chi connectivity index (χ2n) is 4.19. The summed E-state index contributed by atoms with van der Waals surface area (Å²) in [6.45, 7) is 0.408. The summed E-state index contributed by atoms with van der Waals surface area (Å²) in [5, 5.41) is 8.34. The summed E-state index contributed by atoms with van der Waals surface area (Å²) in [5.74, 6) is -0.664. The summed E-state index contributed by atoms with van der Waals surface area (Å²) >= 11 is 1.55. The first-order valence-electron chi connectivity index (χ1n) is 6.12. The summed E-state index contributed by atoms with van der Waals surface area (Å²) in [6, 6.07) is 9.46. The largest absolute Gasteiger partial charge is 0.343 e. The van der Waals surface area contributed by atoms with Crippen LogP contribution in [0.15, 0.2) is 46.3 Å². The third-order valence-electron chi connectivity index (χ3n) is 2.73. The Morgan fingerprint density at radius 1 is 1.29 bits per heavy atom. The number of benzene rings is 1. The van der Waals surface area contributed by atoms with Gasteiger partial charge in [0.15, 0.2) is 0 Å². The molecule has 2 heterocycles. The number of carbonyl (C=O) groups is 1. The number of carbonyl (C=O) groups excluding carboxylic acids is 1. The van der Waals surface area contributed by atoms with Crippen LogP contribution in [0.4, 0.5) is 4.39 Å². The van der Waals surface area contributed by atoms with Gasteiger partial charge in [0.1, 0.15) is 5.82 Å². The minimum absolute atomic E-state index is 0.120. The van der Waals surface area contributed by atoms with Crippen LogP contribution >= 0.6 is 11.3 Å². The number of hydrogen-bond acceptors (Lipinski definition) is 5. The van der Waals surface area contributed by atoms with Crippen molar-refractivity contribution >= 4 is 17.2 Å². The molecule has 0 radical (unpaired) electrons. The number of halogens is 1. The van der Waals surface area contributed by atoms with E-state index in [1.54, 1.807) is 11.3 Å². The molecule has 0 aliphatic carbocycles. The summed E-state index contributed by atoms with van der Waals surface area (Å²) in [6.07, 6.45) is 0. The molecule has 2 aromatic heterocycles. The number of rotatable bonds is 4. The number of nitrogens with one attached hydrogen (secondary N) is 1. The molecule has 0 saturated heterocycles. The monoisotopic (exact) mass is 303 g/mol. The van der Waals surface area contributed by atoms with Crippen LogP contribution < -0.4 is 5.32 Å². The Hall–Kier alpha value is -2.54. The first-order chi connectivity index (χ1) is 10.2. The van der Waals surface area contributed by atoms with E-state index < -0.39 is 5.91 Å². The Morgan fingerprint density at radius 3 is 2.81 bits per heavy atom. The fourth-order valence-electron chi connectivity index (χ4n) is 1.69. The number of amides is 1. The van der Waals surface area contributed by atoms with Gasteiger partial charge in [-0.25, -0.2) is 4.39 Å². The predicted molar refractivity (Wildman–Crippen MR) is 75.2 cm³/mol. The molecule has 0 fully saturated rings. The van der Waals surface area contributed by atoms with E-state index in [2.05, 4.69) is 15.5 Å². The van der Waals surface area contributed by atoms with Gasteiger partial charge in [0, 0.05) is 10.4 Å². The molecule has 1 amide bonds. The van der Waals surface area contributed by atoms with Crippen molar-refractivity contribution in [3.8, 4) is 11.4 Å². The molecule has 106 valence electrons. The maximum Gasteiger partial charge on any atom is 0.316 e. The Kier molecular flexibility index (Phi) is 3.74.